The van der Waals surface area contributed by atoms with Gasteiger partial charge in [0.25, 0.3) is 0 Å². The Hall–Kier alpha value is -1.78. The van der Waals surface area contributed by atoms with Crippen LogP contribution in [-0.4, -0.2) is 19.6 Å². The molecule has 4 nitrogen and oxygen atoms in total. The Kier molecular flexibility index (Phi) is 3.51. The fourth-order valence-corrected chi connectivity index (χ4v) is 3.28. The fraction of sp³-hybridized carbons (Fsp3) is 0.562. The van der Waals surface area contributed by atoms with E-state index in [0.29, 0.717) is 18.2 Å². The molecule has 114 valence electrons. The van der Waals surface area contributed by atoms with Crippen molar-refractivity contribution in [1.82, 2.24) is 0 Å². The van der Waals surface area contributed by atoms with E-state index in [9.17, 15) is 9.18 Å². The van der Waals surface area contributed by atoms with Crippen molar-refractivity contribution in [1.29, 1.82) is 0 Å². The molecule has 2 N–H and O–H groups in total. The number of benzene rings is 1. The van der Waals surface area contributed by atoms with Crippen LogP contribution in [0.1, 0.15) is 32.6 Å². The number of methoxy groups -OCH3 is 1. The molecule has 0 aromatic heterocycles. The quantitative estimate of drug-likeness (QED) is 0.834. The minimum Gasteiger partial charge on any atom is -0.494 e. The first-order chi connectivity index (χ1) is 10.0. The molecular weight excluding hydrogens is 271 g/mol. The average Bonchev–Trinajstić information content (AvgIpc) is 2.59. The number of hydrogen-bond donors (Lipinski definition) is 2. The lowest BCUT2D eigenvalue weighted by molar-refractivity contribution is -0.126. The SMILES string of the molecule is COc1cc2c(cc1F)NC(=O)C1(CCC(C)CC1)CN2. The Morgan fingerprint density at radius 3 is 2.67 bits per heavy atom. The van der Waals surface area contributed by atoms with Crippen LogP contribution in [0.15, 0.2) is 12.1 Å². The van der Waals surface area contributed by atoms with Gasteiger partial charge in [-0.1, -0.05) is 6.92 Å². The molecule has 0 radical (unpaired) electrons. The van der Waals surface area contributed by atoms with Gasteiger partial charge in [0.05, 0.1) is 23.9 Å². The summed E-state index contributed by atoms with van der Waals surface area (Å²) >= 11 is 0. The summed E-state index contributed by atoms with van der Waals surface area (Å²) in [5.74, 6) is 0.395. The maximum Gasteiger partial charge on any atom is 0.232 e. The van der Waals surface area contributed by atoms with Crippen molar-refractivity contribution >= 4 is 17.3 Å². The fourth-order valence-electron chi connectivity index (χ4n) is 3.28. The zero-order chi connectivity index (χ0) is 15.0. The first-order valence-corrected chi connectivity index (χ1v) is 7.47. The van der Waals surface area contributed by atoms with Crippen molar-refractivity contribution in [3.05, 3.63) is 17.9 Å². The number of hydrogen-bond acceptors (Lipinski definition) is 3. The van der Waals surface area contributed by atoms with Crippen LogP contribution in [0.3, 0.4) is 0 Å². The molecule has 0 unspecified atom stereocenters. The number of carbonyl (C=O) groups is 1. The highest BCUT2D eigenvalue weighted by atomic mass is 19.1. The lowest BCUT2D eigenvalue weighted by atomic mass is 9.70. The van der Waals surface area contributed by atoms with Crippen molar-refractivity contribution < 1.29 is 13.9 Å². The number of halogens is 1. The maximum absolute atomic E-state index is 13.8. The van der Waals surface area contributed by atoms with E-state index in [4.69, 9.17) is 4.74 Å². The van der Waals surface area contributed by atoms with E-state index < -0.39 is 5.82 Å². The highest BCUT2D eigenvalue weighted by Gasteiger charge is 2.42. The molecule has 21 heavy (non-hydrogen) atoms. The van der Waals surface area contributed by atoms with Crippen LogP contribution in [0.25, 0.3) is 0 Å². The van der Waals surface area contributed by atoms with Gasteiger partial charge < -0.3 is 15.4 Å². The van der Waals surface area contributed by atoms with Gasteiger partial charge in [0, 0.05) is 18.7 Å². The van der Waals surface area contributed by atoms with E-state index >= 15 is 0 Å². The average molecular weight is 292 g/mol. The Bertz CT molecular complexity index is 566. The molecule has 1 fully saturated rings. The van der Waals surface area contributed by atoms with Crippen molar-refractivity contribution in [3.8, 4) is 5.75 Å². The second-order valence-electron chi connectivity index (χ2n) is 6.30. The molecule has 0 bridgehead atoms. The minimum atomic E-state index is -0.466. The van der Waals surface area contributed by atoms with Crippen LogP contribution in [-0.2, 0) is 4.79 Å². The van der Waals surface area contributed by atoms with E-state index in [1.165, 1.54) is 13.2 Å². The number of ether oxygens (including phenoxy) is 1. The standard InChI is InChI=1S/C16H21FN2O2/c1-10-3-5-16(6-4-10)9-18-12-8-14(21-2)11(17)7-13(12)19-15(16)20/h7-8,10,18H,3-6,9H2,1-2H3,(H,19,20). The second kappa shape index (κ2) is 5.20. The van der Waals surface area contributed by atoms with Gasteiger partial charge in [-0.25, -0.2) is 4.39 Å². The highest BCUT2D eigenvalue weighted by molar-refractivity contribution is 6.00. The molecule has 1 aromatic rings. The van der Waals surface area contributed by atoms with Crippen molar-refractivity contribution in [2.24, 2.45) is 11.3 Å². The molecule has 1 spiro atoms. The lowest BCUT2D eigenvalue weighted by Gasteiger charge is -2.36. The van der Waals surface area contributed by atoms with Gasteiger partial charge in [-0.3, -0.25) is 4.79 Å². The van der Waals surface area contributed by atoms with Crippen LogP contribution in [0.5, 0.6) is 5.75 Å². The van der Waals surface area contributed by atoms with Crippen LogP contribution >= 0.6 is 0 Å². The Morgan fingerprint density at radius 1 is 1.29 bits per heavy atom. The number of rotatable bonds is 1. The summed E-state index contributed by atoms with van der Waals surface area (Å²) in [5.41, 5.74) is 0.834. The third-order valence-electron chi connectivity index (χ3n) is 4.87. The Balaban J connectivity index is 1.90. The van der Waals surface area contributed by atoms with Crippen molar-refractivity contribution in [2.75, 3.05) is 24.3 Å². The van der Waals surface area contributed by atoms with Gasteiger partial charge >= 0.3 is 0 Å². The molecule has 1 saturated carbocycles. The topological polar surface area (TPSA) is 50.4 Å². The van der Waals surface area contributed by atoms with Gasteiger partial charge in [-0.15, -0.1) is 0 Å². The van der Waals surface area contributed by atoms with Crippen molar-refractivity contribution in [3.63, 3.8) is 0 Å². The maximum atomic E-state index is 13.8. The van der Waals surface area contributed by atoms with Gasteiger partial charge in [-0.2, -0.15) is 0 Å². The molecule has 0 saturated heterocycles. The monoisotopic (exact) mass is 292 g/mol. The number of fused-ring (bicyclic) bond motifs is 1. The van der Waals surface area contributed by atoms with E-state index in [2.05, 4.69) is 17.6 Å². The molecule has 2 aliphatic rings. The number of anilines is 2. The predicted octanol–water partition coefficient (Wildman–Crippen LogP) is 3.39. The molecule has 1 aromatic carbocycles. The zero-order valence-corrected chi connectivity index (χ0v) is 12.5. The zero-order valence-electron chi connectivity index (χ0n) is 12.5. The van der Waals surface area contributed by atoms with E-state index in [1.807, 2.05) is 0 Å². The minimum absolute atomic E-state index is 0.00483. The first-order valence-electron chi connectivity index (χ1n) is 7.47. The van der Waals surface area contributed by atoms with E-state index in [1.54, 1.807) is 6.07 Å². The summed E-state index contributed by atoms with van der Waals surface area (Å²) in [4.78, 5) is 12.6. The molecule has 5 heteroatoms. The summed E-state index contributed by atoms with van der Waals surface area (Å²) in [6, 6.07) is 2.93. The molecule has 0 atom stereocenters. The molecular formula is C16H21FN2O2. The van der Waals surface area contributed by atoms with E-state index in [-0.39, 0.29) is 17.1 Å². The number of nitrogens with one attached hydrogen (secondary N) is 2. The molecule has 1 aliphatic carbocycles. The third-order valence-corrected chi connectivity index (χ3v) is 4.87. The summed E-state index contributed by atoms with van der Waals surface area (Å²) in [6.07, 6.45) is 3.87. The third kappa shape index (κ3) is 2.45. The molecule has 1 aliphatic heterocycles. The summed E-state index contributed by atoms with van der Waals surface area (Å²) in [5, 5.41) is 6.20. The van der Waals surface area contributed by atoms with Gasteiger partial charge in [0.2, 0.25) is 5.91 Å². The predicted molar refractivity (Wildman–Crippen MR) is 80.1 cm³/mol. The summed E-state index contributed by atoms with van der Waals surface area (Å²) < 4.78 is 18.8. The van der Waals surface area contributed by atoms with Crippen LogP contribution in [0.2, 0.25) is 0 Å². The van der Waals surface area contributed by atoms with E-state index in [0.717, 1.165) is 31.4 Å². The van der Waals surface area contributed by atoms with Crippen LogP contribution in [0, 0.1) is 17.2 Å². The normalized spacial score (nSPS) is 28.3. The highest BCUT2D eigenvalue weighted by Crippen LogP contribution is 2.43. The van der Waals surface area contributed by atoms with Gasteiger partial charge in [0.15, 0.2) is 11.6 Å². The van der Waals surface area contributed by atoms with Crippen LogP contribution < -0.4 is 15.4 Å². The Labute approximate surface area is 124 Å². The van der Waals surface area contributed by atoms with Gasteiger partial charge in [-0.05, 0) is 31.6 Å². The van der Waals surface area contributed by atoms with Gasteiger partial charge in [0.1, 0.15) is 0 Å². The largest absolute Gasteiger partial charge is 0.494 e. The number of amides is 1. The summed E-state index contributed by atoms with van der Waals surface area (Å²) in [6.45, 7) is 2.82. The van der Waals surface area contributed by atoms with Crippen molar-refractivity contribution in [2.45, 2.75) is 32.6 Å². The molecule has 1 amide bonds. The first kappa shape index (κ1) is 14.2. The molecule has 1 heterocycles. The smallest absolute Gasteiger partial charge is 0.232 e. The Morgan fingerprint density at radius 2 is 2.00 bits per heavy atom. The number of carbonyl (C=O) groups excluding carboxylic acids is 1. The second-order valence-corrected chi connectivity index (χ2v) is 6.30. The van der Waals surface area contributed by atoms with Crippen LogP contribution in [0.4, 0.5) is 15.8 Å². The molecule has 3 rings (SSSR count). The lowest BCUT2D eigenvalue weighted by Crippen LogP contribution is -2.42. The summed E-state index contributed by atoms with van der Waals surface area (Å²) in [7, 11) is 1.43.